The fourth-order valence-corrected chi connectivity index (χ4v) is 2.60. The molecule has 0 radical (unpaired) electrons. The molecule has 1 N–H and O–H groups in total. The standard InChI is InChI=1S/C15H19ClN4O/c1-19(2)15(21)20-7-5-12(6-8-20)18-14-9-11(10-17)3-4-13(14)16/h3-4,9,12,18H,5-8H2,1-2H3. The Labute approximate surface area is 130 Å². The Bertz CT molecular complexity index is 559. The lowest BCUT2D eigenvalue weighted by atomic mass is 10.0. The molecule has 1 heterocycles. The minimum absolute atomic E-state index is 0.0537. The van der Waals surface area contributed by atoms with Crippen LogP contribution in [0.25, 0.3) is 0 Å². The molecule has 6 heteroatoms. The van der Waals surface area contributed by atoms with E-state index in [0.29, 0.717) is 10.6 Å². The van der Waals surface area contributed by atoms with Gasteiger partial charge >= 0.3 is 6.03 Å². The molecule has 21 heavy (non-hydrogen) atoms. The van der Waals surface area contributed by atoms with E-state index in [1.165, 1.54) is 0 Å². The van der Waals surface area contributed by atoms with Gasteiger partial charge in [0.2, 0.25) is 0 Å². The summed E-state index contributed by atoms with van der Waals surface area (Å²) in [5, 5.41) is 12.9. The summed E-state index contributed by atoms with van der Waals surface area (Å²) in [7, 11) is 3.53. The topological polar surface area (TPSA) is 59.4 Å². The highest BCUT2D eigenvalue weighted by Crippen LogP contribution is 2.25. The van der Waals surface area contributed by atoms with Crippen molar-refractivity contribution in [2.24, 2.45) is 0 Å². The number of halogens is 1. The van der Waals surface area contributed by atoms with Crippen LogP contribution in [0.3, 0.4) is 0 Å². The van der Waals surface area contributed by atoms with E-state index in [1.807, 2.05) is 4.90 Å². The van der Waals surface area contributed by atoms with Crippen LogP contribution in [0.1, 0.15) is 18.4 Å². The first-order chi connectivity index (χ1) is 10.0. The Morgan fingerprint density at radius 3 is 2.67 bits per heavy atom. The highest BCUT2D eigenvalue weighted by atomic mass is 35.5. The molecule has 0 saturated carbocycles. The summed E-state index contributed by atoms with van der Waals surface area (Å²) < 4.78 is 0. The number of piperidine rings is 1. The number of rotatable bonds is 2. The third-order valence-electron chi connectivity index (χ3n) is 3.60. The first-order valence-corrected chi connectivity index (χ1v) is 7.31. The Kier molecular flexibility index (Phi) is 4.92. The van der Waals surface area contributed by atoms with Gasteiger partial charge in [-0.05, 0) is 31.0 Å². The van der Waals surface area contributed by atoms with Gasteiger partial charge < -0.3 is 15.1 Å². The van der Waals surface area contributed by atoms with Crippen molar-refractivity contribution in [3.63, 3.8) is 0 Å². The maximum atomic E-state index is 11.9. The van der Waals surface area contributed by atoms with Gasteiger partial charge in [0, 0.05) is 33.2 Å². The lowest BCUT2D eigenvalue weighted by Crippen LogP contribution is -2.46. The molecule has 5 nitrogen and oxygen atoms in total. The minimum Gasteiger partial charge on any atom is -0.381 e. The molecule has 0 unspecified atom stereocenters. The number of amides is 2. The predicted octanol–water partition coefficient (Wildman–Crippen LogP) is 2.77. The van der Waals surface area contributed by atoms with Gasteiger partial charge in [-0.3, -0.25) is 0 Å². The summed E-state index contributed by atoms with van der Waals surface area (Å²) in [6.45, 7) is 1.45. The van der Waals surface area contributed by atoms with Crippen molar-refractivity contribution >= 4 is 23.3 Å². The van der Waals surface area contributed by atoms with Gasteiger partial charge in [0.25, 0.3) is 0 Å². The first-order valence-electron chi connectivity index (χ1n) is 6.93. The lowest BCUT2D eigenvalue weighted by molar-refractivity contribution is 0.158. The fraction of sp³-hybridized carbons (Fsp3) is 0.467. The van der Waals surface area contributed by atoms with Crippen molar-refractivity contribution in [3.8, 4) is 6.07 Å². The maximum Gasteiger partial charge on any atom is 0.319 e. The molecular weight excluding hydrogens is 288 g/mol. The van der Waals surface area contributed by atoms with E-state index in [-0.39, 0.29) is 12.1 Å². The highest BCUT2D eigenvalue weighted by molar-refractivity contribution is 6.33. The Balaban J connectivity index is 1.95. The largest absolute Gasteiger partial charge is 0.381 e. The van der Waals surface area contributed by atoms with Crippen LogP contribution in [0.15, 0.2) is 18.2 Å². The van der Waals surface area contributed by atoms with Crippen LogP contribution in [0.4, 0.5) is 10.5 Å². The van der Waals surface area contributed by atoms with Crippen molar-refractivity contribution in [1.82, 2.24) is 9.80 Å². The molecule has 0 bridgehead atoms. The van der Waals surface area contributed by atoms with E-state index in [0.717, 1.165) is 31.6 Å². The number of likely N-dealkylation sites (tertiary alicyclic amines) is 1. The van der Waals surface area contributed by atoms with E-state index in [1.54, 1.807) is 37.2 Å². The number of hydrogen-bond acceptors (Lipinski definition) is 3. The maximum absolute atomic E-state index is 11.9. The van der Waals surface area contributed by atoms with E-state index >= 15 is 0 Å². The smallest absolute Gasteiger partial charge is 0.319 e. The summed E-state index contributed by atoms with van der Waals surface area (Å²) in [6, 6.07) is 7.62. The molecule has 1 fully saturated rings. The molecule has 1 aromatic carbocycles. The van der Waals surface area contributed by atoms with Gasteiger partial charge in [0.15, 0.2) is 0 Å². The van der Waals surface area contributed by atoms with Crippen LogP contribution in [0, 0.1) is 11.3 Å². The molecule has 0 spiro atoms. The highest BCUT2D eigenvalue weighted by Gasteiger charge is 2.23. The number of urea groups is 1. The second-order valence-corrected chi connectivity index (χ2v) is 5.80. The average Bonchev–Trinajstić information content (AvgIpc) is 2.49. The van der Waals surface area contributed by atoms with E-state index in [4.69, 9.17) is 16.9 Å². The summed E-state index contributed by atoms with van der Waals surface area (Å²) in [4.78, 5) is 15.3. The van der Waals surface area contributed by atoms with Crippen molar-refractivity contribution in [2.45, 2.75) is 18.9 Å². The summed E-state index contributed by atoms with van der Waals surface area (Å²) >= 11 is 6.15. The van der Waals surface area contributed by atoms with Crippen LogP contribution in [0.2, 0.25) is 5.02 Å². The lowest BCUT2D eigenvalue weighted by Gasteiger charge is -2.34. The molecule has 2 amide bonds. The SMILES string of the molecule is CN(C)C(=O)N1CCC(Nc2cc(C#N)ccc2Cl)CC1. The fourth-order valence-electron chi connectivity index (χ4n) is 2.42. The predicted molar refractivity (Wildman–Crippen MR) is 83.5 cm³/mol. The Morgan fingerprint density at radius 1 is 1.43 bits per heavy atom. The van der Waals surface area contributed by atoms with E-state index in [9.17, 15) is 4.79 Å². The first kappa shape index (κ1) is 15.5. The molecule has 112 valence electrons. The molecule has 0 atom stereocenters. The molecule has 0 aliphatic carbocycles. The van der Waals surface area contributed by atoms with Crippen molar-refractivity contribution in [2.75, 3.05) is 32.5 Å². The molecule has 2 rings (SSSR count). The third kappa shape index (κ3) is 3.79. The minimum atomic E-state index is 0.0537. The molecule has 1 aliphatic rings. The summed E-state index contributed by atoms with van der Waals surface area (Å²) in [5.74, 6) is 0. The van der Waals surface area contributed by atoms with Crippen LogP contribution >= 0.6 is 11.6 Å². The number of hydrogen-bond donors (Lipinski definition) is 1. The normalized spacial score (nSPS) is 15.4. The number of nitriles is 1. The Hall–Kier alpha value is -1.93. The number of carbonyl (C=O) groups excluding carboxylic acids is 1. The zero-order chi connectivity index (χ0) is 15.4. The van der Waals surface area contributed by atoms with Crippen molar-refractivity contribution in [3.05, 3.63) is 28.8 Å². The van der Waals surface area contributed by atoms with Crippen LogP contribution in [0.5, 0.6) is 0 Å². The molecular formula is C15H19ClN4O. The molecule has 1 aromatic rings. The average molecular weight is 307 g/mol. The number of carbonyl (C=O) groups is 1. The van der Waals surface area contributed by atoms with Crippen LogP contribution in [-0.2, 0) is 0 Å². The Morgan fingerprint density at radius 2 is 2.10 bits per heavy atom. The van der Waals surface area contributed by atoms with Gasteiger partial charge in [0.1, 0.15) is 0 Å². The van der Waals surface area contributed by atoms with Gasteiger partial charge in [-0.2, -0.15) is 5.26 Å². The number of nitrogens with zero attached hydrogens (tertiary/aromatic N) is 3. The van der Waals surface area contributed by atoms with E-state index in [2.05, 4.69) is 11.4 Å². The zero-order valence-electron chi connectivity index (χ0n) is 12.3. The quantitative estimate of drug-likeness (QED) is 0.914. The van der Waals surface area contributed by atoms with E-state index < -0.39 is 0 Å². The van der Waals surface area contributed by atoms with Gasteiger partial charge in [0.05, 0.1) is 22.3 Å². The zero-order valence-corrected chi connectivity index (χ0v) is 13.0. The molecule has 1 saturated heterocycles. The number of nitrogens with one attached hydrogen (secondary N) is 1. The third-order valence-corrected chi connectivity index (χ3v) is 3.93. The van der Waals surface area contributed by atoms with Gasteiger partial charge in [-0.25, -0.2) is 4.79 Å². The monoisotopic (exact) mass is 306 g/mol. The van der Waals surface area contributed by atoms with Crippen LogP contribution < -0.4 is 5.32 Å². The molecule has 1 aliphatic heterocycles. The summed E-state index contributed by atoms with van der Waals surface area (Å²) in [5.41, 5.74) is 1.37. The number of benzene rings is 1. The van der Waals surface area contributed by atoms with Gasteiger partial charge in [-0.15, -0.1) is 0 Å². The van der Waals surface area contributed by atoms with Crippen molar-refractivity contribution in [1.29, 1.82) is 5.26 Å². The summed E-state index contributed by atoms with van der Waals surface area (Å²) in [6.07, 6.45) is 1.74. The number of anilines is 1. The second-order valence-electron chi connectivity index (χ2n) is 5.39. The molecule has 0 aromatic heterocycles. The van der Waals surface area contributed by atoms with Crippen molar-refractivity contribution < 1.29 is 4.79 Å². The second kappa shape index (κ2) is 6.68. The van der Waals surface area contributed by atoms with Gasteiger partial charge in [-0.1, -0.05) is 11.6 Å². The van der Waals surface area contributed by atoms with Crippen LogP contribution in [-0.4, -0.2) is 49.1 Å².